The third-order valence-electron chi connectivity index (χ3n) is 4.57. The number of hydrogen-bond donors (Lipinski definition) is 1. The van der Waals surface area contributed by atoms with Crippen LogP contribution in [0, 0.1) is 5.92 Å². The number of fused-ring (bicyclic) bond motifs is 1. The van der Waals surface area contributed by atoms with Gasteiger partial charge < -0.3 is 5.32 Å². The van der Waals surface area contributed by atoms with Crippen LogP contribution in [0.4, 0.5) is 5.69 Å². The molecule has 0 bridgehead atoms. The Balaban J connectivity index is 1.39. The second-order valence-corrected chi connectivity index (χ2v) is 11.0. The number of rotatable bonds is 4. The average molecular weight is 442 g/mol. The van der Waals surface area contributed by atoms with Crippen molar-refractivity contribution >= 4 is 66.1 Å². The first-order valence-corrected chi connectivity index (χ1v) is 11.8. The van der Waals surface area contributed by atoms with E-state index in [0.717, 1.165) is 27.2 Å². The molecule has 6 nitrogen and oxygen atoms in total. The van der Waals surface area contributed by atoms with Crippen LogP contribution in [0.15, 0.2) is 40.1 Å². The van der Waals surface area contributed by atoms with Crippen molar-refractivity contribution in [2.24, 2.45) is 5.92 Å². The van der Waals surface area contributed by atoms with Gasteiger partial charge in [0.1, 0.15) is 4.21 Å². The van der Waals surface area contributed by atoms with E-state index in [1.165, 1.54) is 21.7 Å². The van der Waals surface area contributed by atoms with Crippen molar-refractivity contribution < 1.29 is 13.2 Å². The van der Waals surface area contributed by atoms with Gasteiger partial charge in [-0.2, -0.15) is 4.31 Å². The first-order valence-electron chi connectivity index (χ1n) is 8.33. The average Bonchev–Trinajstić information content (AvgIpc) is 3.30. The smallest absolute Gasteiger partial charge is 0.252 e. The summed E-state index contributed by atoms with van der Waals surface area (Å²) in [5, 5.41) is 2.94. The SMILES string of the molecule is O=C(Nc1ccc2ncsc2c1)C1CCN(S(=O)(=O)c2ccc(Cl)s2)CC1. The van der Waals surface area contributed by atoms with Gasteiger partial charge in [0.05, 0.1) is 20.1 Å². The van der Waals surface area contributed by atoms with Crippen molar-refractivity contribution in [3.05, 3.63) is 40.2 Å². The fourth-order valence-electron chi connectivity index (χ4n) is 3.10. The fourth-order valence-corrected chi connectivity index (χ4v) is 6.92. The molecule has 0 radical (unpaired) electrons. The molecule has 0 atom stereocenters. The number of thiazole rings is 1. The van der Waals surface area contributed by atoms with Crippen LogP contribution in [0.2, 0.25) is 4.34 Å². The number of nitrogens with one attached hydrogen (secondary N) is 1. The first-order chi connectivity index (χ1) is 12.9. The second kappa shape index (κ2) is 7.48. The van der Waals surface area contributed by atoms with Gasteiger partial charge in [-0.3, -0.25) is 4.79 Å². The second-order valence-electron chi connectivity index (χ2n) is 6.26. The third kappa shape index (κ3) is 3.88. The lowest BCUT2D eigenvalue weighted by atomic mass is 9.97. The van der Waals surface area contributed by atoms with Gasteiger partial charge in [-0.25, -0.2) is 13.4 Å². The molecule has 0 spiro atoms. The maximum absolute atomic E-state index is 12.6. The van der Waals surface area contributed by atoms with Gasteiger partial charge in [-0.05, 0) is 43.2 Å². The topological polar surface area (TPSA) is 79.4 Å². The molecular weight excluding hydrogens is 426 g/mol. The summed E-state index contributed by atoms with van der Waals surface area (Å²) in [5.74, 6) is -0.282. The van der Waals surface area contributed by atoms with E-state index in [1.807, 2.05) is 18.2 Å². The van der Waals surface area contributed by atoms with Crippen LogP contribution in [-0.4, -0.2) is 36.7 Å². The predicted molar refractivity (Wildman–Crippen MR) is 109 cm³/mol. The number of aromatic nitrogens is 1. The first kappa shape index (κ1) is 18.8. The van der Waals surface area contributed by atoms with Crippen LogP contribution >= 0.6 is 34.3 Å². The molecule has 3 aromatic rings. The van der Waals surface area contributed by atoms with Crippen LogP contribution in [0.25, 0.3) is 10.2 Å². The summed E-state index contributed by atoms with van der Waals surface area (Å²) in [6.07, 6.45) is 0.986. The molecular formula is C17H16ClN3O3S3. The fraction of sp³-hybridized carbons (Fsp3) is 0.294. The molecule has 1 fully saturated rings. The lowest BCUT2D eigenvalue weighted by molar-refractivity contribution is -0.120. The van der Waals surface area contributed by atoms with E-state index >= 15 is 0 Å². The zero-order valence-electron chi connectivity index (χ0n) is 14.1. The Bertz CT molecular complexity index is 1080. The summed E-state index contributed by atoms with van der Waals surface area (Å²) < 4.78 is 28.4. The largest absolute Gasteiger partial charge is 0.326 e. The van der Waals surface area contributed by atoms with Crippen LogP contribution < -0.4 is 5.32 Å². The van der Waals surface area contributed by atoms with Crippen molar-refractivity contribution in [3.8, 4) is 0 Å². The number of amides is 1. The van der Waals surface area contributed by atoms with Gasteiger partial charge in [-0.15, -0.1) is 22.7 Å². The van der Waals surface area contributed by atoms with Crippen molar-refractivity contribution in [3.63, 3.8) is 0 Å². The molecule has 1 saturated heterocycles. The monoisotopic (exact) mass is 441 g/mol. The number of piperidine rings is 1. The Labute approximate surface area is 169 Å². The van der Waals surface area contributed by atoms with Gasteiger partial charge in [0.15, 0.2) is 0 Å². The molecule has 2 aromatic heterocycles. The zero-order valence-corrected chi connectivity index (χ0v) is 17.3. The predicted octanol–water partition coefficient (Wildman–Crippen LogP) is 4.05. The van der Waals surface area contributed by atoms with E-state index in [4.69, 9.17) is 11.6 Å². The lowest BCUT2D eigenvalue weighted by Crippen LogP contribution is -2.41. The number of carbonyl (C=O) groups is 1. The number of nitrogens with zero attached hydrogens (tertiary/aromatic N) is 2. The Morgan fingerprint density at radius 3 is 2.70 bits per heavy atom. The maximum Gasteiger partial charge on any atom is 0.252 e. The molecule has 1 aliphatic heterocycles. The van der Waals surface area contributed by atoms with Gasteiger partial charge in [-0.1, -0.05) is 11.6 Å². The molecule has 142 valence electrons. The third-order valence-corrected chi connectivity index (χ3v) is 8.96. The number of thiophene rings is 1. The molecule has 27 heavy (non-hydrogen) atoms. The number of benzene rings is 1. The minimum atomic E-state index is -3.54. The minimum absolute atomic E-state index is 0.0740. The maximum atomic E-state index is 12.6. The van der Waals surface area contributed by atoms with Gasteiger partial charge in [0.2, 0.25) is 5.91 Å². The zero-order chi connectivity index (χ0) is 19.0. The Morgan fingerprint density at radius 2 is 2.00 bits per heavy atom. The Morgan fingerprint density at radius 1 is 1.22 bits per heavy atom. The minimum Gasteiger partial charge on any atom is -0.326 e. The number of sulfonamides is 1. The highest BCUT2D eigenvalue weighted by Crippen LogP contribution is 2.31. The highest BCUT2D eigenvalue weighted by atomic mass is 35.5. The number of halogens is 1. The van der Waals surface area contributed by atoms with Crippen molar-refractivity contribution in [1.29, 1.82) is 0 Å². The van der Waals surface area contributed by atoms with Crippen molar-refractivity contribution in [1.82, 2.24) is 9.29 Å². The van der Waals surface area contributed by atoms with Crippen molar-refractivity contribution in [2.45, 2.75) is 17.1 Å². The molecule has 4 rings (SSSR count). The normalized spacial score (nSPS) is 16.6. The van der Waals surface area contributed by atoms with Gasteiger partial charge in [0, 0.05) is 24.7 Å². The summed E-state index contributed by atoms with van der Waals surface area (Å²) in [4.78, 5) is 16.8. The Hall–Kier alpha value is -1.52. The van der Waals surface area contributed by atoms with Crippen LogP contribution in [-0.2, 0) is 14.8 Å². The van der Waals surface area contributed by atoms with E-state index in [9.17, 15) is 13.2 Å². The van der Waals surface area contributed by atoms with E-state index in [1.54, 1.807) is 11.6 Å². The summed E-state index contributed by atoms with van der Waals surface area (Å²) in [6, 6.07) is 8.73. The molecule has 10 heteroatoms. The highest BCUT2D eigenvalue weighted by molar-refractivity contribution is 7.91. The van der Waals surface area contributed by atoms with E-state index < -0.39 is 10.0 Å². The molecule has 1 aromatic carbocycles. The van der Waals surface area contributed by atoms with Gasteiger partial charge in [0.25, 0.3) is 10.0 Å². The molecule has 1 N–H and O–H groups in total. The van der Waals surface area contributed by atoms with E-state index in [2.05, 4.69) is 10.3 Å². The molecule has 0 saturated carbocycles. The number of carbonyl (C=O) groups excluding carboxylic acids is 1. The summed E-state index contributed by atoms with van der Waals surface area (Å²) in [5.41, 5.74) is 3.41. The molecule has 0 unspecified atom stereocenters. The molecule has 0 aliphatic carbocycles. The quantitative estimate of drug-likeness (QED) is 0.662. The summed E-state index contributed by atoms with van der Waals surface area (Å²) in [7, 11) is -3.54. The van der Waals surface area contributed by atoms with Crippen LogP contribution in [0.3, 0.4) is 0 Å². The Kier molecular flexibility index (Phi) is 5.21. The van der Waals surface area contributed by atoms with Crippen molar-refractivity contribution in [2.75, 3.05) is 18.4 Å². The van der Waals surface area contributed by atoms with E-state index in [-0.39, 0.29) is 16.0 Å². The number of hydrogen-bond acceptors (Lipinski definition) is 6. The standard InChI is InChI=1S/C17H16ClN3O3S3/c18-15-3-4-16(26-15)27(23,24)21-7-5-11(6-8-21)17(22)20-12-1-2-13-14(9-12)25-10-19-13/h1-4,9-11H,5-8H2,(H,20,22). The van der Waals surface area contributed by atoms with Gasteiger partial charge >= 0.3 is 0 Å². The van der Waals surface area contributed by atoms with E-state index in [0.29, 0.717) is 30.3 Å². The number of anilines is 1. The lowest BCUT2D eigenvalue weighted by Gasteiger charge is -2.30. The molecule has 1 aliphatic rings. The molecule has 3 heterocycles. The van der Waals surface area contributed by atoms with Crippen LogP contribution in [0.1, 0.15) is 12.8 Å². The summed E-state index contributed by atoms with van der Waals surface area (Å²) in [6.45, 7) is 0.646. The summed E-state index contributed by atoms with van der Waals surface area (Å²) >= 11 is 8.43. The molecule has 1 amide bonds. The highest BCUT2D eigenvalue weighted by Gasteiger charge is 2.32. The van der Waals surface area contributed by atoms with Crippen LogP contribution in [0.5, 0.6) is 0 Å².